The van der Waals surface area contributed by atoms with Crippen molar-refractivity contribution < 1.29 is 23.9 Å². The van der Waals surface area contributed by atoms with Gasteiger partial charge in [-0.1, -0.05) is 6.07 Å². The molecule has 0 bridgehead atoms. The summed E-state index contributed by atoms with van der Waals surface area (Å²) in [6, 6.07) is 4.58. The molecule has 0 aliphatic carbocycles. The van der Waals surface area contributed by atoms with Crippen LogP contribution in [0.1, 0.15) is 58.6 Å². The molecule has 0 spiro atoms. The molecule has 2 N–H and O–H groups in total. The first kappa shape index (κ1) is 21.0. The number of hydrogen-bond acceptors (Lipinski definition) is 5. The SMILES string of the molecule is CC(NC(=O)C1CCCCN1C(=O)OC(C)(C)C)c1ccc2c(c1)NC(=O)CO2. The lowest BCUT2D eigenvalue weighted by Gasteiger charge is -2.36. The van der Waals surface area contributed by atoms with Crippen LogP contribution < -0.4 is 15.4 Å². The Morgan fingerprint density at radius 2 is 2.07 bits per heavy atom. The number of benzene rings is 1. The maximum absolute atomic E-state index is 12.9. The molecule has 3 rings (SSSR count). The van der Waals surface area contributed by atoms with Gasteiger partial charge in [0.25, 0.3) is 5.91 Å². The van der Waals surface area contributed by atoms with Crippen LogP contribution in [0.5, 0.6) is 5.75 Å². The zero-order valence-corrected chi connectivity index (χ0v) is 17.4. The fourth-order valence-corrected chi connectivity index (χ4v) is 3.51. The highest BCUT2D eigenvalue weighted by molar-refractivity contribution is 5.95. The summed E-state index contributed by atoms with van der Waals surface area (Å²) in [7, 11) is 0. The number of nitrogens with zero attached hydrogens (tertiary/aromatic N) is 1. The van der Waals surface area contributed by atoms with Gasteiger partial charge in [-0.05, 0) is 64.7 Å². The molecule has 1 aromatic carbocycles. The average molecular weight is 403 g/mol. The summed E-state index contributed by atoms with van der Waals surface area (Å²) in [6.07, 6.45) is 1.88. The van der Waals surface area contributed by atoms with Gasteiger partial charge in [-0.25, -0.2) is 4.79 Å². The Morgan fingerprint density at radius 1 is 1.31 bits per heavy atom. The maximum atomic E-state index is 12.9. The molecule has 8 heteroatoms. The van der Waals surface area contributed by atoms with Crippen LogP contribution in [0.25, 0.3) is 0 Å². The molecule has 1 aromatic rings. The molecule has 0 saturated carbocycles. The number of carbonyl (C=O) groups is 3. The summed E-state index contributed by atoms with van der Waals surface area (Å²) in [5.74, 6) is 0.192. The van der Waals surface area contributed by atoms with Gasteiger partial charge in [-0.15, -0.1) is 0 Å². The molecule has 2 heterocycles. The van der Waals surface area contributed by atoms with E-state index in [4.69, 9.17) is 9.47 Å². The predicted molar refractivity (Wildman–Crippen MR) is 108 cm³/mol. The molecule has 0 radical (unpaired) electrons. The Bertz CT molecular complexity index is 802. The Kier molecular flexibility index (Phi) is 6.00. The van der Waals surface area contributed by atoms with Crippen molar-refractivity contribution in [2.75, 3.05) is 18.5 Å². The monoisotopic (exact) mass is 403 g/mol. The summed E-state index contributed by atoms with van der Waals surface area (Å²) in [5.41, 5.74) is 0.814. The number of anilines is 1. The summed E-state index contributed by atoms with van der Waals surface area (Å²) >= 11 is 0. The fourth-order valence-electron chi connectivity index (χ4n) is 3.51. The largest absolute Gasteiger partial charge is 0.482 e. The quantitative estimate of drug-likeness (QED) is 0.809. The van der Waals surface area contributed by atoms with Crippen LogP contribution in [0.4, 0.5) is 10.5 Å². The number of likely N-dealkylation sites (tertiary alicyclic amines) is 1. The number of amides is 3. The number of nitrogens with one attached hydrogen (secondary N) is 2. The van der Waals surface area contributed by atoms with E-state index in [-0.39, 0.29) is 24.5 Å². The van der Waals surface area contributed by atoms with E-state index >= 15 is 0 Å². The Labute approximate surface area is 170 Å². The van der Waals surface area contributed by atoms with E-state index in [9.17, 15) is 14.4 Å². The lowest BCUT2D eigenvalue weighted by atomic mass is 10.0. The van der Waals surface area contributed by atoms with E-state index in [2.05, 4.69) is 10.6 Å². The molecule has 8 nitrogen and oxygen atoms in total. The summed E-state index contributed by atoms with van der Waals surface area (Å²) in [5, 5.41) is 5.76. The van der Waals surface area contributed by atoms with Crippen LogP contribution in [0.3, 0.4) is 0 Å². The molecule has 3 amide bonds. The lowest BCUT2D eigenvalue weighted by molar-refractivity contribution is -0.128. The third-order valence-corrected chi connectivity index (χ3v) is 4.93. The van der Waals surface area contributed by atoms with Crippen molar-refractivity contribution in [1.82, 2.24) is 10.2 Å². The van der Waals surface area contributed by atoms with Crippen LogP contribution in [0.15, 0.2) is 18.2 Å². The maximum Gasteiger partial charge on any atom is 0.410 e. The normalized spacial score (nSPS) is 20.1. The van der Waals surface area contributed by atoms with Gasteiger partial charge in [0.2, 0.25) is 5.91 Å². The molecule has 2 atom stereocenters. The minimum absolute atomic E-state index is 0.000810. The van der Waals surface area contributed by atoms with Crippen LogP contribution in [-0.4, -0.2) is 47.6 Å². The molecular weight excluding hydrogens is 374 g/mol. The van der Waals surface area contributed by atoms with Crippen LogP contribution >= 0.6 is 0 Å². The Balaban J connectivity index is 1.68. The first-order valence-corrected chi connectivity index (χ1v) is 10.0. The van der Waals surface area contributed by atoms with Crippen molar-refractivity contribution in [3.63, 3.8) is 0 Å². The second-order valence-corrected chi connectivity index (χ2v) is 8.51. The topological polar surface area (TPSA) is 97.0 Å². The highest BCUT2D eigenvalue weighted by atomic mass is 16.6. The van der Waals surface area contributed by atoms with Crippen molar-refractivity contribution in [1.29, 1.82) is 0 Å². The van der Waals surface area contributed by atoms with Gasteiger partial charge in [-0.3, -0.25) is 14.5 Å². The van der Waals surface area contributed by atoms with Crippen LogP contribution in [-0.2, 0) is 14.3 Å². The van der Waals surface area contributed by atoms with E-state index in [1.165, 1.54) is 4.90 Å². The number of piperidine rings is 1. The number of rotatable bonds is 3. The number of carbonyl (C=O) groups excluding carboxylic acids is 3. The Hall–Kier alpha value is -2.77. The van der Waals surface area contributed by atoms with Gasteiger partial charge in [-0.2, -0.15) is 0 Å². The van der Waals surface area contributed by atoms with Gasteiger partial charge in [0, 0.05) is 6.54 Å². The molecule has 2 aliphatic rings. The molecular formula is C21H29N3O5. The lowest BCUT2D eigenvalue weighted by Crippen LogP contribution is -2.53. The highest BCUT2D eigenvalue weighted by Crippen LogP contribution is 2.31. The van der Waals surface area contributed by atoms with Crippen molar-refractivity contribution in [3.8, 4) is 5.75 Å². The van der Waals surface area contributed by atoms with Crippen molar-refractivity contribution in [3.05, 3.63) is 23.8 Å². The second kappa shape index (κ2) is 8.31. The predicted octanol–water partition coefficient (Wildman–Crippen LogP) is 2.98. The van der Waals surface area contributed by atoms with E-state index in [1.54, 1.807) is 12.1 Å². The van der Waals surface area contributed by atoms with E-state index in [1.807, 2.05) is 33.8 Å². The zero-order valence-electron chi connectivity index (χ0n) is 17.4. The third-order valence-electron chi connectivity index (χ3n) is 4.93. The molecule has 158 valence electrons. The van der Waals surface area contributed by atoms with E-state index in [0.29, 0.717) is 24.4 Å². The van der Waals surface area contributed by atoms with Gasteiger partial charge in [0.05, 0.1) is 11.7 Å². The number of ether oxygens (including phenoxy) is 2. The molecule has 1 fully saturated rings. The number of fused-ring (bicyclic) bond motifs is 1. The van der Waals surface area contributed by atoms with Gasteiger partial charge < -0.3 is 20.1 Å². The van der Waals surface area contributed by atoms with Crippen molar-refractivity contribution >= 4 is 23.6 Å². The fraction of sp³-hybridized carbons (Fsp3) is 0.571. The standard InChI is InChI=1S/C21H29N3O5/c1-13(14-8-9-17-15(11-14)23-18(25)12-28-17)22-19(26)16-7-5-6-10-24(16)20(27)29-21(2,3)4/h8-9,11,13,16H,5-7,10,12H2,1-4H3,(H,22,26)(H,23,25). The van der Waals surface area contributed by atoms with Gasteiger partial charge >= 0.3 is 6.09 Å². The highest BCUT2D eigenvalue weighted by Gasteiger charge is 2.35. The minimum atomic E-state index is -0.613. The molecule has 29 heavy (non-hydrogen) atoms. The molecule has 1 saturated heterocycles. The average Bonchev–Trinajstić information content (AvgIpc) is 2.66. The van der Waals surface area contributed by atoms with Gasteiger partial charge in [0.15, 0.2) is 6.61 Å². The second-order valence-electron chi connectivity index (χ2n) is 8.51. The first-order chi connectivity index (χ1) is 13.6. The van der Waals surface area contributed by atoms with Crippen molar-refractivity contribution in [2.24, 2.45) is 0 Å². The first-order valence-electron chi connectivity index (χ1n) is 10.0. The van der Waals surface area contributed by atoms with E-state index < -0.39 is 17.7 Å². The summed E-state index contributed by atoms with van der Waals surface area (Å²) < 4.78 is 10.8. The minimum Gasteiger partial charge on any atom is -0.482 e. The molecule has 2 aliphatic heterocycles. The molecule has 2 unspecified atom stereocenters. The number of hydrogen-bond donors (Lipinski definition) is 2. The Morgan fingerprint density at radius 3 is 2.79 bits per heavy atom. The van der Waals surface area contributed by atoms with Crippen LogP contribution in [0, 0.1) is 0 Å². The van der Waals surface area contributed by atoms with E-state index in [0.717, 1.165) is 18.4 Å². The summed E-state index contributed by atoms with van der Waals surface area (Å²) in [6.45, 7) is 7.80. The zero-order chi connectivity index (χ0) is 21.2. The van der Waals surface area contributed by atoms with Crippen LogP contribution in [0.2, 0.25) is 0 Å². The molecule has 0 aromatic heterocycles. The van der Waals surface area contributed by atoms with Gasteiger partial charge in [0.1, 0.15) is 17.4 Å². The van der Waals surface area contributed by atoms with Crippen molar-refractivity contribution in [2.45, 2.75) is 64.6 Å². The third kappa shape index (κ3) is 5.19. The summed E-state index contributed by atoms with van der Waals surface area (Å²) in [4.78, 5) is 38.6. The smallest absolute Gasteiger partial charge is 0.410 e.